The molecule has 26 heavy (non-hydrogen) atoms. The Labute approximate surface area is 153 Å². The normalized spacial score (nSPS) is 15.4. The van der Waals surface area contributed by atoms with Gasteiger partial charge in [0.2, 0.25) is 0 Å². The Morgan fingerprint density at radius 2 is 1.92 bits per heavy atom. The second kappa shape index (κ2) is 7.85. The van der Waals surface area contributed by atoms with Crippen LogP contribution >= 0.6 is 0 Å². The number of pyridine rings is 1. The van der Waals surface area contributed by atoms with Gasteiger partial charge in [0.05, 0.1) is 18.2 Å². The lowest BCUT2D eigenvalue weighted by atomic mass is 10.1. The molecule has 0 bridgehead atoms. The fraction of sp³-hybridized carbons (Fsp3) is 0.400. The number of nitrogens with zero attached hydrogens (tertiary/aromatic N) is 4. The molecule has 1 aromatic carbocycles. The zero-order valence-electron chi connectivity index (χ0n) is 15.2. The van der Waals surface area contributed by atoms with Gasteiger partial charge in [-0.3, -0.25) is 4.90 Å². The van der Waals surface area contributed by atoms with Crippen molar-refractivity contribution in [2.45, 2.75) is 13.5 Å². The van der Waals surface area contributed by atoms with Gasteiger partial charge in [-0.15, -0.1) is 0 Å². The van der Waals surface area contributed by atoms with E-state index < -0.39 is 0 Å². The summed E-state index contributed by atoms with van der Waals surface area (Å²) in [5.41, 5.74) is 3.91. The van der Waals surface area contributed by atoms with Crippen LogP contribution in [-0.4, -0.2) is 58.8 Å². The summed E-state index contributed by atoms with van der Waals surface area (Å²) in [6, 6.07) is 10.2. The number of hydrogen-bond acceptors (Lipinski definition) is 5. The van der Waals surface area contributed by atoms with E-state index >= 15 is 0 Å². The number of aromatic nitrogens is 3. The van der Waals surface area contributed by atoms with Gasteiger partial charge < -0.3 is 14.6 Å². The van der Waals surface area contributed by atoms with Gasteiger partial charge in [-0.2, -0.15) is 0 Å². The average molecular weight is 351 g/mol. The van der Waals surface area contributed by atoms with Crippen LogP contribution in [0.1, 0.15) is 6.92 Å². The van der Waals surface area contributed by atoms with Crippen molar-refractivity contribution in [1.29, 1.82) is 0 Å². The maximum absolute atomic E-state index is 6.13. The van der Waals surface area contributed by atoms with Crippen molar-refractivity contribution in [2.75, 3.05) is 39.3 Å². The number of fused-ring (bicyclic) bond motifs is 1. The number of rotatable bonds is 6. The molecular formula is C20H25N5O. The monoisotopic (exact) mass is 351 g/mol. The van der Waals surface area contributed by atoms with Crippen LogP contribution in [0.15, 0.2) is 42.9 Å². The summed E-state index contributed by atoms with van der Waals surface area (Å²) >= 11 is 0. The fourth-order valence-electron chi connectivity index (χ4n) is 3.43. The molecule has 0 radical (unpaired) electrons. The number of ether oxygens (including phenoxy) is 1. The maximum atomic E-state index is 6.13. The Morgan fingerprint density at radius 1 is 1.12 bits per heavy atom. The van der Waals surface area contributed by atoms with Gasteiger partial charge in [0.25, 0.3) is 0 Å². The van der Waals surface area contributed by atoms with E-state index in [1.807, 2.05) is 30.7 Å². The van der Waals surface area contributed by atoms with Crippen LogP contribution in [0.3, 0.4) is 0 Å². The van der Waals surface area contributed by atoms with E-state index in [-0.39, 0.29) is 0 Å². The summed E-state index contributed by atoms with van der Waals surface area (Å²) in [6.45, 7) is 8.84. The molecule has 0 amide bonds. The molecule has 1 fully saturated rings. The molecule has 6 heteroatoms. The zero-order chi connectivity index (χ0) is 17.8. The first kappa shape index (κ1) is 17.0. The van der Waals surface area contributed by atoms with Crippen LogP contribution in [0, 0.1) is 0 Å². The molecule has 4 rings (SSSR count). The summed E-state index contributed by atoms with van der Waals surface area (Å²) < 4.78 is 8.26. The molecule has 2 aromatic heterocycles. The molecule has 0 atom stereocenters. The van der Waals surface area contributed by atoms with Crippen LogP contribution in [-0.2, 0) is 6.54 Å². The predicted molar refractivity (Wildman–Crippen MR) is 103 cm³/mol. The molecule has 3 heterocycles. The van der Waals surface area contributed by atoms with Crippen molar-refractivity contribution in [3.05, 3.63) is 42.9 Å². The second-order valence-electron chi connectivity index (χ2n) is 6.50. The molecular weight excluding hydrogens is 326 g/mol. The minimum absolute atomic E-state index is 0.663. The summed E-state index contributed by atoms with van der Waals surface area (Å²) in [6.07, 6.45) is 3.72. The van der Waals surface area contributed by atoms with Gasteiger partial charge in [0, 0.05) is 44.8 Å². The van der Waals surface area contributed by atoms with Crippen molar-refractivity contribution in [3.8, 4) is 17.0 Å². The summed E-state index contributed by atoms with van der Waals surface area (Å²) in [7, 11) is 0. The smallest absolute Gasteiger partial charge is 0.163 e. The summed E-state index contributed by atoms with van der Waals surface area (Å²) in [5.74, 6) is 0.814. The highest BCUT2D eigenvalue weighted by Gasteiger charge is 2.16. The summed E-state index contributed by atoms with van der Waals surface area (Å²) in [5, 5.41) is 3.38. The van der Waals surface area contributed by atoms with E-state index in [1.54, 1.807) is 0 Å². The highest BCUT2D eigenvalue weighted by molar-refractivity contribution is 5.93. The molecule has 1 saturated heterocycles. The molecule has 1 N–H and O–H groups in total. The van der Waals surface area contributed by atoms with E-state index in [0.717, 1.165) is 67.3 Å². The molecule has 6 nitrogen and oxygen atoms in total. The topological polar surface area (TPSA) is 55.2 Å². The highest BCUT2D eigenvalue weighted by Crippen LogP contribution is 2.31. The van der Waals surface area contributed by atoms with E-state index in [2.05, 4.69) is 43.8 Å². The number of hydrogen-bond donors (Lipinski definition) is 1. The van der Waals surface area contributed by atoms with E-state index in [9.17, 15) is 0 Å². The summed E-state index contributed by atoms with van der Waals surface area (Å²) in [4.78, 5) is 11.7. The number of benzene rings is 1. The second-order valence-corrected chi connectivity index (χ2v) is 6.50. The Morgan fingerprint density at radius 3 is 2.69 bits per heavy atom. The third-order valence-corrected chi connectivity index (χ3v) is 4.87. The van der Waals surface area contributed by atoms with Crippen LogP contribution in [0.5, 0.6) is 5.75 Å². The molecule has 0 aliphatic carbocycles. The Bertz CT molecular complexity index is 855. The molecule has 1 aliphatic rings. The quantitative estimate of drug-likeness (QED) is 0.739. The first-order valence-corrected chi connectivity index (χ1v) is 9.32. The van der Waals surface area contributed by atoms with Gasteiger partial charge in [-0.1, -0.05) is 30.3 Å². The lowest BCUT2D eigenvalue weighted by Crippen LogP contribution is -2.44. The van der Waals surface area contributed by atoms with Gasteiger partial charge in [0.15, 0.2) is 5.75 Å². The molecule has 0 spiro atoms. The van der Waals surface area contributed by atoms with Crippen molar-refractivity contribution in [1.82, 2.24) is 24.8 Å². The van der Waals surface area contributed by atoms with Crippen LogP contribution < -0.4 is 10.1 Å². The van der Waals surface area contributed by atoms with E-state index in [0.29, 0.717) is 6.61 Å². The number of aryl methyl sites for hydroxylation is 1. The van der Waals surface area contributed by atoms with Crippen molar-refractivity contribution in [3.63, 3.8) is 0 Å². The van der Waals surface area contributed by atoms with Crippen LogP contribution in [0.4, 0.5) is 0 Å². The standard InChI is InChI=1S/C20H25N5O/c1-2-25-15-23-19-18(16-6-4-3-5-7-16)22-14-17(20(19)25)26-13-12-24-10-8-21-9-11-24/h3-7,14-15,21H,2,8-13H2,1H3. The minimum Gasteiger partial charge on any atom is -0.488 e. The molecule has 1 aliphatic heterocycles. The van der Waals surface area contributed by atoms with Gasteiger partial charge in [0.1, 0.15) is 17.6 Å². The fourth-order valence-corrected chi connectivity index (χ4v) is 3.43. The zero-order valence-corrected chi connectivity index (χ0v) is 15.2. The van der Waals surface area contributed by atoms with Crippen LogP contribution in [0.25, 0.3) is 22.3 Å². The van der Waals surface area contributed by atoms with Gasteiger partial charge in [-0.05, 0) is 6.92 Å². The van der Waals surface area contributed by atoms with Crippen molar-refractivity contribution in [2.24, 2.45) is 0 Å². The SMILES string of the molecule is CCn1cnc2c(-c3ccccc3)ncc(OCCN3CCNCC3)c21. The molecule has 3 aromatic rings. The largest absolute Gasteiger partial charge is 0.488 e. The first-order valence-electron chi connectivity index (χ1n) is 9.32. The number of nitrogens with one attached hydrogen (secondary N) is 1. The van der Waals surface area contributed by atoms with Crippen LogP contribution in [0.2, 0.25) is 0 Å². The number of piperazine rings is 1. The minimum atomic E-state index is 0.663. The Kier molecular flexibility index (Phi) is 5.13. The molecule has 0 saturated carbocycles. The first-order chi connectivity index (χ1) is 12.9. The lowest BCUT2D eigenvalue weighted by molar-refractivity contribution is 0.192. The highest BCUT2D eigenvalue weighted by atomic mass is 16.5. The Hall–Kier alpha value is -2.44. The van der Waals surface area contributed by atoms with E-state index in [1.165, 1.54) is 0 Å². The number of imidazole rings is 1. The van der Waals surface area contributed by atoms with E-state index in [4.69, 9.17) is 4.74 Å². The molecule has 136 valence electrons. The predicted octanol–water partition coefficient (Wildman–Crippen LogP) is 2.40. The van der Waals surface area contributed by atoms with Gasteiger partial charge in [-0.25, -0.2) is 9.97 Å². The average Bonchev–Trinajstić information content (AvgIpc) is 3.14. The van der Waals surface area contributed by atoms with Gasteiger partial charge >= 0.3 is 0 Å². The third-order valence-electron chi connectivity index (χ3n) is 4.87. The maximum Gasteiger partial charge on any atom is 0.163 e. The molecule has 0 unspecified atom stereocenters. The van der Waals surface area contributed by atoms with Crippen molar-refractivity contribution >= 4 is 11.0 Å². The van der Waals surface area contributed by atoms with Crippen molar-refractivity contribution < 1.29 is 4.74 Å². The Balaban J connectivity index is 1.60. The lowest BCUT2D eigenvalue weighted by Gasteiger charge is -2.27. The third kappa shape index (κ3) is 3.43.